The van der Waals surface area contributed by atoms with Gasteiger partial charge in [-0.05, 0) is 19.8 Å². The van der Waals surface area contributed by atoms with Gasteiger partial charge in [-0.25, -0.2) is 9.97 Å². The van der Waals surface area contributed by atoms with Crippen molar-refractivity contribution in [3.05, 3.63) is 11.4 Å². The first-order valence-electron chi connectivity index (χ1n) is 7.94. The highest BCUT2D eigenvalue weighted by molar-refractivity contribution is 5.57. The fourth-order valence-corrected chi connectivity index (χ4v) is 2.79. The van der Waals surface area contributed by atoms with Crippen LogP contribution in [-0.2, 0) is 0 Å². The monoisotopic (exact) mass is 276 g/mol. The van der Waals surface area contributed by atoms with Gasteiger partial charge in [0.15, 0.2) is 0 Å². The first kappa shape index (κ1) is 15.1. The van der Waals surface area contributed by atoms with Crippen LogP contribution in [0.5, 0.6) is 0 Å². The fourth-order valence-electron chi connectivity index (χ4n) is 2.79. The van der Waals surface area contributed by atoms with Crippen molar-refractivity contribution in [1.29, 1.82) is 0 Å². The third-order valence-corrected chi connectivity index (χ3v) is 4.11. The standard InChI is InChI=1S/C16H28N4/c1-11(2)14-19-15(17-4)12(3)16(20-14)18-13-9-7-5-6-8-10-13/h11,13H,5-10H2,1-4H3,(H2,17,18,19,20). The molecule has 112 valence electrons. The van der Waals surface area contributed by atoms with E-state index in [2.05, 4.69) is 36.4 Å². The summed E-state index contributed by atoms with van der Waals surface area (Å²) in [6.45, 7) is 6.37. The SMILES string of the molecule is CNc1nc(C(C)C)nc(NC2CCCCCC2)c1C. The zero-order chi connectivity index (χ0) is 14.5. The van der Waals surface area contributed by atoms with Gasteiger partial charge in [-0.1, -0.05) is 39.5 Å². The van der Waals surface area contributed by atoms with Crippen molar-refractivity contribution >= 4 is 11.6 Å². The third kappa shape index (κ3) is 3.62. The smallest absolute Gasteiger partial charge is 0.135 e. The summed E-state index contributed by atoms with van der Waals surface area (Å²) in [6.07, 6.45) is 7.93. The van der Waals surface area contributed by atoms with Crippen LogP contribution in [0.1, 0.15) is 69.7 Å². The van der Waals surface area contributed by atoms with Crippen molar-refractivity contribution in [3.63, 3.8) is 0 Å². The summed E-state index contributed by atoms with van der Waals surface area (Å²) in [5.74, 6) is 3.22. The van der Waals surface area contributed by atoms with Gasteiger partial charge < -0.3 is 10.6 Å². The van der Waals surface area contributed by atoms with Crippen LogP contribution < -0.4 is 10.6 Å². The number of rotatable bonds is 4. The van der Waals surface area contributed by atoms with E-state index in [1.54, 1.807) is 0 Å². The van der Waals surface area contributed by atoms with E-state index < -0.39 is 0 Å². The van der Waals surface area contributed by atoms with E-state index >= 15 is 0 Å². The van der Waals surface area contributed by atoms with Gasteiger partial charge in [-0.15, -0.1) is 0 Å². The minimum atomic E-state index is 0.345. The second-order valence-electron chi connectivity index (χ2n) is 6.14. The molecule has 0 atom stereocenters. The number of nitrogens with zero attached hydrogens (tertiary/aromatic N) is 2. The maximum absolute atomic E-state index is 4.74. The second-order valence-corrected chi connectivity index (χ2v) is 6.14. The summed E-state index contributed by atoms with van der Waals surface area (Å²) in [5, 5.41) is 6.86. The van der Waals surface area contributed by atoms with Crippen molar-refractivity contribution in [2.45, 2.75) is 71.3 Å². The summed E-state index contributed by atoms with van der Waals surface area (Å²) in [7, 11) is 1.93. The lowest BCUT2D eigenvalue weighted by Crippen LogP contribution is -2.21. The molecule has 4 heteroatoms. The molecule has 2 rings (SSSR count). The lowest BCUT2D eigenvalue weighted by Gasteiger charge is -2.20. The fraction of sp³-hybridized carbons (Fsp3) is 0.750. The quantitative estimate of drug-likeness (QED) is 0.813. The highest BCUT2D eigenvalue weighted by atomic mass is 15.1. The van der Waals surface area contributed by atoms with Crippen LogP contribution in [0.25, 0.3) is 0 Å². The molecule has 20 heavy (non-hydrogen) atoms. The van der Waals surface area contributed by atoms with E-state index in [9.17, 15) is 0 Å². The van der Waals surface area contributed by atoms with Gasteiger partial charge in [0.1, 0.15) is 17.5 Å². The van der Waals surface area contributed by atoms with Crippen LogP contribution in [0, 0.1) is 6.92 Å². The predicted octanol–water partition coefficient (Wildman–Crippen LogP) is 4.08. The first-order chi connectivity index (χ1) is 9.61. The van der Waals surface area contributed by atoms with Gasteiger partial charge in [0.25, 0.3) is 0 Å². The molecule has 0 bridgehead atoms. The van der Waals surface area contributed by atoms with Crippen LogP contribution in [-0.4, -0.2) is 23.1 Å². The predicted molar refractivity (Wildman–Crippen MR) is 85.5 cm³/mol. The molecule has 1 aliphatic rings. The minimum Gasteiger partial charge on any atom is -0.373 e. The molecular weight excluding hydrogens is 248 g/mol. The largest absolute Gasteiger partial charge is 0.373 e. The van der Waals surface area contributed by atoms with Crippen LogP contribution >= 0.6 is 0 Å². The molecule has 1 aliphatic carbocycles. The zero-order valence-electron chi connectivity index (χ0n) is 13.3. The Bertz CT molecular complexity index is 434. The lowest BCUT2D eigenvalue weighted by atomic mass is 10.1. The number of nitrogens with one attached hydrogen (secondary N) is 2. The Balaban J connectivity index is 2.22. The number of hydrogen-bond donors (Lipinski definition) is 2. The van der Waals surface area contributed by atoms with Crippen molar-refractivity contribution in [2.75, 3.05) is 17.7 Å². The molecule has 0 saturated heterocycles. The van der Waals surface area contributed by atoms with Crippen molar-refractivity contribution in [1.82, 2.24) is 9.97 Å². The third-order valence-electron chi connectivity index (χ3n) is 4.11. The molecule has 1 aromatic rings. The molecule has 0 aromatic carbocycles. The molecule has 0 unspecified atom stereocenters. The van der Waals surface area contributed by atoms with E-state index in [4.69, 9.17) is 4.98 Å². The topological polar surface area (TPSA) is 49.8 Å². The molecule has 1 saturated carbocycles. The van der Waals surface area contributed by atoms with Gasteiger partial charge in [0.05, 0.1) is 0 Å². The van der Waals surface area contributed by atoms with Gasteiger partial charge in [0.2, 0.25) is 0 Å². The van der Waals surface area contributed by atoms with Crippen LogP contribution in [0.3, 0.4) is 0 Å². The number of anilines is 2. The molecule has 0 radical (unpaired) electrons. The van der Waals surface area contributed by atoms with Gasteiger partial charge in [0, 0.05) is 24.6 Å². The van der Waals surface area contributed by atoms with Crippen molar-refractivity contribution in [2.24, 2.45) is 0 Å². The summed E-state index contributed by atoms with van der Waals surface area (Å²) in [5.41, 5.74) is 1.13. The van der Waals surface area contributed by atoms with Crippen LogP contribution in [0.2, 0.25) is 0 Å². The lowest BCUT2D eigenvalue weighted by molar-refractivity contribution is 0.615. The molecule has 4 nitrogen and oxygen atoms in total. The first-order valence-corrected chi connectivity index (χ1v) is 7.94. The highest BCUT2D eigenvalue weighted by Crippen LogP contribution is 2.26. The summed E-state index contributed by atoms with van der Waals surface area (Å²) in [4.78, 5) is 9.34. The van der Waals surface area contributed by atoms with Crippen LogP contribution in [0.15, 0.2) is 0 Å². The zero-order valence-corrected chi connectivity index (χ0v) is 13.3. The molecule has 1 aromatic heterocycles. The van der Waals surface area contributed by atoms with Gasteiger partial charge >= 0.3 is 0 Å². The van der Waals surface area contributed by atoms with E-state index in [1.165, 1.54) is 38.5 Å². The van der Waals surface area contributed by atoms with Crippen molar-refractivity contribution in [3.8, 4) is 0 Å². The molecule has 1 heterocycles. The summed E-state index contributed by atoms with van der Waals surface area (Å²) in [6, 6.07) is 0.566. The molecule has 1 fully saturated rings. The molecular formula is C16H28N4. The Labute approximate surface area is 122 Å². The average molecular weight is 276 g/mol. The summed E-state index contributed by atoms with van der Waals surface area (Å²) < 4.78 is 0. The second kappa shape index (κ2) is 6.91. The van der Waals surface area contributed by atoms with E-state index in [1.807, 2.05) is 7.05 Å². The normalized spacial score (nSPS) is 17.1. The van der Waals surface area contributed by atoms with E-state index in [0.29, 0.717) is 12.0 Å². The number of hydrogen-bond acceptors (Lipinski definition) is 4. The Morgan fingerprint density at radius 1 is 1.00 bits per heavy atom. The maximum Gasteiger partial charge on any atom is 0.135 e. The Kier molecular flexibility index (Phi) is 5.21. The minimum absolute atomic E-state index is 0.345. The number of aromatic nitrogens is 2. The van der Waals surface area contributed by atoms with Crippen LogP contribution in [0.4, 0.5) is 11.6 Å². The molecule has 0 spiro atoms. The van der Waals surface area contributed by atoms with Gasteiger partial charge in [-0.2, -0.15) is 0 Å². The highest BCUT2D eigenvalue weighted by Gasteiger charge is 2.17. The Morgan fingerprint density at radius 2 is 1.60 bits per heavy atom. The van der Waals surface area contributed by atoms with E-state index in [0.717, 1.165) is 23.0 Å². The van der Waals surface area contributed by atoms with E-state index in [-0.39, 0.29) is 0 Å². The molecule has 2 N–H and O–H groups in total. The molecule has 0 amide bonds. The summed E-state index contributed by atoms with van der Waals surface area (Å²) >= 11 is 0. The van der Waals surface area contributed by atoms with Gasteiger partial charge in [-0.3, -0.25) is 0 Å². The Morgan fingerprint density at radius 3 is 2.15 bits per heavy atom. The maximum atomic E-state index is 4.74. The Hall–Kier alpha value is -1.32. The van der Waals surface area contributed by atoms with Crippen molar-refractivity contribution < 1.29 is 0 Å². The average Bonchev–Trinajstić information content (AvgIpc) is 2.69. The molecule has 0 aliphatic heterocycles.